The highest BCUT2D eigenvalue weighted by atomic mass is 15.4. The lowest BCUT2D eigenvalue weighted by molar-refractivity contribution is 0.881. The molecule has 0 aliphatic rings. The SMILES string of the molecule is Cc1nn(-c2ccccc2)c2cc(-c3ccccc3)c(C)n12. The van der Waals surface area contributed by atoms with Gasteiger partial charge in [-0.1, -0.05) is 48.5 Å². The molecular weight excluding hydrogens is 270 g/mol. The molecule has 0 aliphatic carbocycles. The van der Waals surface area contributed by atoms with Crippen molar-refractivity contribution in [3.63, 3.8) is 0 Å². The summed E-state index contributed by atoms with van der Waals surface area (Å²) in [5.41, 5.74) is 5.90. The molecule has 22 heavy (non-hydrogen) atoms. The third kappa shape index (κ3) is 1.86. The van der Waals surface area contributed by atoms with Gasteiger partial charge in [-0.05, 0) is 37.6 Å². The number of aromatic nitrogens is 3. The molecular formula is C19H17N3. The lowest BCUT2D eigenvalue weighted by Gasteiger charge is -2.01. The summed E-state index contributed by atoms with van der Waals surface area (Å²) in [5.74, 6) is 0.999. The lowest BCUT2D eigenvalue weighted by atomic mass is 10.1. The van der Waals surface area contributed by atoms with Crippen molar-refractivity contribution in [2.24, 2.45) is 0 Å². The second-order valence-electron chi connectivity index (χ2n) is 5.50. The Kier molecular flexibility index (Phi) is 2.86. The monoisotopic (exact) mass is 287 g/mol. The molecule has 0 unspecified atom stereocenters. The van der Waals surface area contributed by atoms with Crippen molar-refractivity contribution in [2.45, 2.75) is 13.8 Å². The zero-order valence-electron chi connectivity index (χ0n) is 12.7. The molecule has 0 N–H and O–H groups in total. The minimum Gasteiger partial charge on any atom is -0.285 e. The van der Waals surface area contributed by atoms with Crippen LogP contribution in [0.3, 0.4) is 0 Å². The Hall–Kier alpha value is -2.81. The molecule has 2 heterocycles. The van der Waals surface area contributed by atoms with Gasteiger partial charge < -0.3 is 0 Å². The van der Waals surface area contributed by atoms with Gasteiger partial charge in [-0.25, -0.2) is 4.68 Å². The van der Waals surface area contributed by atoms with Crippen LogP contribution < -0.4 is 0 Å². The van der Waals surface area contributed by atoms with E-state index in [0.717, 1.165) is 17.2 Å². The average Bonchev–Trinajstić information content (AvgIpc) is 3.07. The molecule has 0 saturated heterocycles. The van der Waals surface area contributed by atoms with Crippen LogP contribution in [-0.4, -0.2) is 14.2 Å². The van der Waals surface area contributed by atoms with Crippen molar-refractivity contribution in [1.82, 2.24) is 14.2 Å². The number of hydrogen-bond acceptors (Lipinski definition) is 1. The number of rotatable bonds is 2. The largest absolute Gasteiger partial charge is 0.285 e. The number of nitrogens with zero attached hydrogens (tertiary/aromatic N) is 3. The summed E-state index contributed by atoms with van der Waals surface area (Å²) < 4.78 is 4.23. The van der Waals surface area contributed by atoms with Crippen LogP contribution >= 0.6 is 0 Å². The molecule has 0 atom stereocenters. The normalized spacial score (nSPS) is 11.2. The summed E-state index contributed by atoms with van der Waals surface area (Å²) in [6.45, 7) is 4.20. The first-order valence-electron chi connectivity index (χ1n) is 7.44. The van der Waals surface area contributed by atoms with Crippen LogP contribution in [0.2, 0.25) is 0 Å². The van der Waals surface area contributed by atoms with Gasteiger partial charge >= 0.3 is 0 Å². The van der Waals surface area contributed by atoms with E-state index in [2.05, 4.69) is 53.8 Å². The van der Waals surface area contributed by atoms with E-state index in [1.807, 2.05) is 35.9 Å². The predicted octanol–water partition coefficient (Wildman–Crippen LogP) is 4.41. The highest BCUT2D eigenvalue weighted by molar-refractivity contribution is 5.73. The topological polar surface area (TPSA) is 22.2 Å². The highest BCUT2D eigenvalue weighted by Crippen LogP contribution is 2.29. The zero-order valence-corrected chi connectivity index (χ0v) is 12.7. The van der Waals surface area contributed by atoms with Gasteiger partial charge in [0.05, 0.1) is 5.69 Å². The summed E-state index contributed by atoms with van der Waals surface area (Å²) >= 11 is 0. The maximum absolute atomic E-state index is 4.70. The summed E-state index contributed by atoms with van der Waals surface area (Å²) in [6, 6.07) is 23.0. The molecule has 4 aromatic rings. The van der Waals surface area contributed by atoms with Crippen LogP contribution in [0.4, 0.5) is 0 Å². The molecule has 0 spiro atoms. The van der Waals surface area contributed by atoms with Gasteiger partial charge in [0.1, 0.15) is 11.5 Å². The van der Waals surface area contributed by atoms with Crippen molar-refractivity contribution in [3.05, 3.63) is 78.2 Å². The van der Waals surface area contributed by atoms with Gasteiger partial charge in [-0.2, -0.15) is 5.10 Å². The number of fused-ring (bicyclic) bond motifs is 1. The summed E-state index contributed by atoms with van der Waals surface area (Å²) in [5, 5.41) is 4.70. The van der Waals surface area contributed by atoms with Crippen molar-refractivity contribution in [2.75, 3.05) is 0 Å². The van der Waals surface area contributed by atoms with E-state index >= 15 is 0 Å². The molecule has 2 aromatic carbocycles. The van der Waals surface area contributed by atoms with E-state index in [4.69, 9.17) is 5.10 Å². The summed E-state index contributed by atoms with van der Waals surface area (Å²) in [6.07, 6.45) is 0. The number of para-hydroxylation sites is 1. The smallest absolute Gasteiger partial charge is 0.141 e. The average molecular weight is 287 g/mol. The molecule has 3 heteroatoms. The van der Waals surface area contributed by atoms with E-state index in [1.165, 1.54) is 16.8 Å². The minimum absolute atomic E-state index is 0.999. The maximum Gasteiger partial charge on any atom is 0.141 e. The van der Waals surface area contributed by atoms with Crippen LogP contribution in [0.5, 0.6) is 0 Å². The molecule has 0 fully saturated rings. The molecule has 3 nitrogen and oxygen atoms in total. The highest BCUT2D eigenvalue weighted by Gasteiger charge is 2.15. The Morgan fingerprint density at radius 1 is 0.818 bits per heavy atom. The van der Waals surface area contributed by atoms with Gasteiger partial charge in [-0.3, -0.25) is 4.40 Å². The fourth-order valence-electron chi connectivity index (χ4n) is 3.06. The number of hydrogen-bond donors (Lipinski definition) is 0. The van der Waals surface area contributed by atoms with Crippen LogP contribution in [0.15, 0.2) is 66.7 Å². The first kappa shape index (κ1) is 12.9. The Morgan fingerprint density at radius 2 is 1.45 bits per heavy atom. The Balaban J connectivity index is 1.99. The van der Waals surface area contributed by atoms with Gasteiger partial charge in [0.2, 0.25) is 0 Å². The maximum atomic E-state index is 4.70. The molecule has 0 amide bonds. The number of aryl methyl sites for hydroxylation is 2. The molecule has 0 radical (unpaired) electrons. The van der Waals surface area contributed by atoms with Crippen molar-refractivity contribution < 1.29 is 0 Å². The molecule has 108 valence electrons. The summed E-state index contributed by atoms with van der Waals surface area (Å²) in [7, 11) is 0. The first-order chi connectivity index (χ1) is 10.8. The van der Waals surface area contributed by atoms with Crippen LogP contribution in [0, 0.1) is 13.8 Å². The van der Waals surface area contributed by atoms with E-state index in [9.17, 15) is 0 Å². The Morgan fingerprint density at radius 3 is 2.14 bits per heavy atom. The van der Waals surface area contributed by atoms with Crippen molar-refractivity contribution in [1.29, 1.82) is 0 Å². The standard InChI is InChI=1S/C19H17N3/c1-14-18(16-9-5-3-6-10-16)13-19-21(14)15(2)20-22(19)17-11-7-4-8-12-17/h3-13H,1-2H3. The van der Waals surface area contributed by atoms with Crippen LogP contribution in [0.1, 0.15) is 11.5 Å². The van der Waals surface area contributed by atoms with Crippen LogP contribution in [-0.2, 0) is 0 Å². The number of benzene rings is 2. The quantitative estimate of drug-likeness (QED) is 0.535. The predicted molar refractivity (Wildman–Crippen MR) is 89.4 cm³/mol. The van der Waals surface area contributed by atoms with Crippen LogP contribution in [0.25, 0.3) is 22.5 Å². The van der Waals surface area contributed by atoms with Crippen molar-refractivity contribution in [3.8, 4) is 16.8 Å². The second-order valence-corrected chi connectivity index (χ2v) is 5.50. The van der Waals surface area contributed by atoms with E-state index < -0.39 is 0 Å². The third-order valence-corrected chi connectivity index (χ3v) is 4.10. The van der Waals surface area contributed by atoms with Gasteiger partial charge in [-0.15, -0.1) is 0 Å². The molecule has 2 aromatic heterocycles. The fourth-order valence-corrected chi connectivity index (χ4v) is 3.06. The van der Waals surface area contributed by atoms with E-state index in [-0.39, 0.29) is 0 Å². The zero-order chi connectivity index (χ0) is 15.1. The van der Waals surface area contributed by atoms with Gasteiger partial charge in [0, 0.05) is 11.3 Å². The lowest BCUT2D eigenvalue weighted by Crippen LogP contribution is -1.95. The van der Waals surface area contributed by atoms with E-state index in [0.29, 0.717) is 0 Å². The molecule has 4 rings (SSSR count). The molecule has 0 bridgehead atoms. The van der Waals surface area contributed by atoms with Gasteiger partial charge in [0.25, 0.3) is 0 Å². The molecule has 0 aliphatic heterocycles. The fraction of sp³-hybridized carbons (Fsp3) is 0.105. The Labute approximate surface area is 129 Å². The molecule has 0 saturated carbocycles. The first-order valence-corrected chi connectivity index (χ1v) is 7.44. The summed E-state index contributed by atoms with van der Waals surface area (Å²) in [4.78, 5) is 0. The third-order valence-electron chi connectivity index (χ3n) is 4.10. The second kappa shape index (κ2) is 4.88. The minimum atomic E-state index is 0.999. The van der Waals surface area contributed by atoms with Crippen molar-refractivity contribution >= 4 is 5.65 Å². The van der Waals surface area contributed by atoms with Gasteiger partial charge in [0.15, 0.2) is 0 Å². The Bertz CT molecular complexity index is 931. The van der Waals surface area contributed by atoms with E-state index in [1.54, 1.807) is 0 Å².